The van der Waals surface area contributed by atoms with Gasteiger partial charge in [-0.25, -0.2) is 4.79 Å². The quantitative estimate of drug-likeness (QED) is 0.655. The summed E-state index contributed by atoms with van der Waals surface area (Å²) in [7, 11) is 1.26. The zero-order valence-electron chi connectivity index (χ0n) is 10.2. The highest BCUT2D eigenvalue weighted by Gasteiger charge is 2.34. The summed E-state index contributed by atoms with van der Waals surface area (Å²) >= 11 is 0. The minimum atomic E-state index is -1.48. The average Bonchev–Trinajstić information content (AvgIpc) is 2.63. The van der Waals surface area contributed by atoms with Crippen LogP contribution in [0.3, 0.4) is 0 Å². The Kier molecular flexibility index (Phi) is 4.29. The molecule has 0 aromatic rings. The van der Waals surface area contributed by atoms with Crippen LogP contribution in [0.4, 0.5) is 0 Å². The third-order valence-corrected chi connectivity index (χ3v) is 2.89. The Balaban J connectivity index is 2.31. The first-order chi connectivity index (χ1) is 7.40. The normalized spacial score (nSPS) is 28.8. The van der Waals surface area contributed by atoms with E-state index in [0.29, 0.717) is 6.54 Å². The Morgan fingerprint density at radius 1 is 1.69 bits per heavy atom. The number of carbonyl (C=O) groups excluding carboxylic acids is 1. The molecule has 1 saturated heterocycles. The number of esters is 1. The molecule has 1 heterocycles. The Morgan fingerprint density at radius 3 is 2.88 bits per heavy atom. The maximum atomic E-state index is 11.2. The number of rotatable bonds is 5. The van der Waals surface area contributed by atoms with Gasteiger partial charge in [-0.15, -0.1) is 0 Å². The van der Waals surface area contributed by atoms with Crippen molar-refractivity contribution in [3.63, 3.8) is 0 Å². The second-order valence-electron chi connectivity index (χ2n) is 4.77. The van der Waals surface area contributed by atoms with Crippen LogP contribution in [0, 0.1) is 0 Å². The number of carbonyl (C=O) groups is 1. The molecule has 1 aliphatic heterocycles. The van der Waals surface area contributed by atoms with Gasteiger partial charge in [-0.1, -0.05) is 0 Å². The van der Waals surface area contributed by atoms with Crippen molar-refractivity contribution in [2.45, 2.75) is 37.9 Å². The van der Waals surface area contributed by atoms with E-state index < -0.39 is 11.6 Å². The van der Waals surface area contributed by atoms with Gasteiger partial charge in [-0.3, -0.25) is 0 Å². The van der Waals surface area contributed by atoms with Crippen molar-refractivity contribution in [3.05, 3.63) is 0 Å². The van der Waals surface area contributed by atoms with Crippen LogP contribution in [-0.2, 0) is 14.3 Å². The van der Waals surface area contributed by atoms with Gasteiger partial charge in [-0.2, -0.15) is 0 Å². The summed E-state index contributed by atoms with van der Waals surface area (Å²) < 4.78 is 10.1. The van der Waals surface area contributed by atoms with Gasteiger partial charge in [0.2, 0.25) is 0 Å². The second-order valence-corrected chi connectivity index (χ2v) is 4.77. The van der Waals surface area contributed by atoms with Gasteiger partial charge >= 0.3 is 5.97 Å². The minimum absolute atomic E-state index is 0.165. The fourth-order valence-corrected chi connectivity index (χ4v) is 1.84. The number of hydrogen-bond donors (Lipinski definition) is 2. The molecule has 1 rings (SSSR count). The summed E-state index contributed by atoms with van der Waals surface area (Å²) in [5.74, 6) is -0.627. The molecule has 1 aliphatic rings. The summed E-state index contributed by atoms with van der Waals surface area (Å²) in [5, 5.41) is 12.8. The van der Waals surface area contributed by atoms with Crippen LogP contribution in [0.15, 0.2) is 0 Å². The fraction of sp³-hybridized carbons (Fsp3) is 0.909. The van der Waals surface area contributed by atoms with Gasteiger partial charge in [0, 0.05) is 19.7 Å². The zero-order valence-corrected chi connectivity index (χ0v) is 10.2. The van der Waals surface area contributed by atoms with Crippen molar-refractivity contribution in [2.24, 2.45) is 0 Å². The van der Waals surface area contributed by atoms with E-state index in [4.69, 9.17) is 4.74 Å². The molecule has 0 radical (unpaired) electrons. The van der Waals surface area contributed by atoms with E-state index in [1.165, 1.54) is 14.0 Å². The van der Waals surface area contributed by atoms with Crippen molar-refractivity contribution in [1.29, 1.82) is 0 Å². The molecule has 2 unspecified atom stereocenters. The maximum absolute atomic E-state index is 11.2. The number of aliphatic hydroxyl groups is 1. The largest absolute Gasteiger partial charge is 0.467 e. The molecule has 0 aliphatic carbocycles. The lowest BCUT2D eigenvalue weighted by atomic mass is 10.0. The molecule has 1 fully saturated rings. The molecular formula is C11H21NO4. The first-order valence-electron chi connectivity index (χ1n) is 5.55. The van der Waals surface area contributed by atoms with Gasteiger partial charge in [-0.05, 0) is 26.7 Å². The molecular weight excluding hydrogens is 210 g/mol. The summed E-state index contributed by atoms with van der Waals surface area (Å²) in [6, 6.07) is 0. The molecule has 2 atom stereocenters. The second kappa shape index (κ2) is 5.12. The summed E-state index contributed by atoms with van der Waals surface area (Å²) in [4.78, 5) is 11.2. The molecule has 0 saturated carbocycles. The Bertz CT molecular complexity index is 246. The summed E-state index contributed by atoms with van der Waals surface area (Å²) in [5.41, 5.74) is -1.66. The Hall–Kier alpha value is -0.650. The predicted molar refractivity (Wildman–Crippen MR) is 59.1 cm³/mol. The number of methoxy groups -OCH3 is 1. The van der Waals surface area contributed by atoms with Crippen LogP contribution < -0.4 is 5.32 Å². The first kappa shape index (κ1) is 13.4. The van der Waals surface area contributed by atoms with Crippen LogP contribution in [0.1, 0.15) is 26.7 Å². The van der Waals surface area contributed by atoms with Crippen LogP contribution >= 0.6 is 0 Å². The molecule has 5 heteroatoms. The highest BCUT2D eigenvalue weighted by molar-refractivity contribution is 5.78. The fourth-order valence-electron chi connectivity index (χ4n) is 1.84. The molecule has 0 spiro atoms. The third kappa shape index (κ3) is 3.43. The van der Waals surface area contributed by atoms with E-state index >= 15 is 0 Å². The van der Waals surface area contributed by atoms with Gasteiger partial charge in [0.1, 0.15) is 0 Å². The molecule has 0 bridgehead atoms. The lowest BCUT2D eigenvalue weighted by Gasteiger charge is -2.26. The lowest BCUT2D eigenvalue weighted by molar-refractivity contribution is -0.160. The minimum Gasteiger partial charge on any atom is -0.467 e. The molecule has 2 N–H and O–H groups in total. The van der Waals surface area contributed by atoms with Crippen LogP contribution in [0.25, 0.3) is 0 Å². The zero-order chi connectivity index (χ0) is 12.2. The SMILES string of the molecule is COC(=O)C(C)(O)CNCC1(C)CCCO1. The molecule has 0 aromatic heterocycles. The van der Waals surface area contributed by atoms with E-state index in [1.54, 1.807) is 0 Å². The predicted octanol–water partition coefficient (Wildman–Crippen LogP) is 0.0691. The van der Waals surface area contributed by atoms with Crippen LogP contribution in [0.2, 0.25) is 0 Å². The summed E-state index contributed by atoms with van der Waals surface area (Å²) in [6.07, 6.45) is 2.06. The monoisotopic (exact) mass is 231 g/mol. The van der Waals surface area contributed by atoms with E-state index in [9.17, 15) is 9.90 Å². The molecule has 94 valence electrons. The average molecular weight is 231 g/mol. The van der Waals surface area contributed by atoms with E-state index in [0.717, 1.165) is 19.4 Å². The van der Waals surface area contributed by atoms with Gasteiger partial charge in [0.25, 0.3) is 0 Å². The van der Waals surface area contributed by atoms with Crippen molar-refractivity contribution >= 4 is 5.97 Å². The summed E-state index contributed by atoms with van der Waals surface area (Å²) in [6.45, 7) is 5.04. The highest BCUT2D eigenvalue weighted by Crippen LogP contribution is 2.23. The third-order valence-electron chi connectivity index (χ3n) is 2.89. The molecule has 5 nitrogen and oxygen atoms in total. The number of nitrogens with one attached hydrogen (secondary N) is 1. The van der Waals surface area contributed by atoms with Gasteiger partial charge in [0.05, 0.1) is 12.7 Å². The lowest BCUT2D eigenvalue weighted by Crippen LogP contribution is -2.49. The van der Waals surface area contributed by atoms with E-state index in [1.807, 2.05) is 6.92 Å². The van der Waals surface area contributed by atoms with Crippen molar-refractivity contribution < 1.29 is 19.4 Å². The molecule has 16 heavy (non-hydrogen) atoms. The number of hydrogen-bond acceptors (Lipinski definition) is 5. The van der Waals surface area contributed by atoms with Crippen molar-refractivity contribution in [1.82, 2.24) is 5.32 Å². The first-order valence-corrected chi connectivity index (χ1v) is 5.55. The van der Waals surface area contributed by atoms with E-state index in [-0.39, 0.29) is 12.1 Å². The Morgan fingerprint density at radius 2 is 2.38 bits per heavy atom. The van der Waals surface area contributed by atoms with Crippen LogP contribution in [0.5, 0.6) is 0 Å². The topological polar surface area (TPSA) is 67.8 Å². The van der Waals surface area contributed by atoms with Gasteiger partial charge in [0.15, 0.2) is 5.60 Å². The van der Waals surface area contributed by atoms with Crippen molar-refractivity contribution in [3.8, 4) is 0 Å². The number of ether oxygens (including phenoxy) is 2. The molecule has 0 aromatic carbocycles. The molecule has 0 amide bonds. The van der Waals surface area contributed by atoms with Crippen LogP contribution in [-0.4, -0.2) is 49.1 Å². The highest BCUT2D eigenvalue weighted by atomic mass is 16.5. The van der Waals surface area contributed by atoms with Gasteiger partial charge < -0.3 is 19.9 Å². The van der Waals surface area contributed by atoms with Crippen molar-refractivity contribution in [2.75, 3.05) is 26.8 Å². The Labute approximate surface area is 96.1 Å². The standard InChI is InChI=1S/C11H21NO4/c1-10(5-4-6-16-10)7-12-8-11(2,14)9(13)15-3/h12,14H,4-8H2,1-3H3. The van der Waals surface area contributed by atoms with E-state index in [2.05, 4.69) is 10.1 Å². The smallest absolute Gasteiger partial charge is 0.338 e. The maximum Gasteiger partial charge on any atom is 0.338 e.